The van der Waals surface area contributed by atoms with Crippen molar-refractivity contribution >= 4 is 17.6 Å². The van der Waals surface area contributed by atoms with Gasteiger partial charge in [-0.15, -0.1) is 0 Å². The lowest BCUT2D eigenvalue weighted by Crippen LogP contribution is -2.11. The standard InChI is InChI=1S/C11H13ClN2O2/c1-6-13-9(7-4-2-3-5-7)8(11(15)16)10(12)14-6/h7H,2-5H2,1H3,(H,15,16). The Balaban J connectivity index is 2.52. The van der Waals surface area contributed by atoms with Crippen LogP contribution in [0.15, 0.2) is 0 Å². The zero-order valence-corrected chi connectivity index (χ0v) is 9.79. The van der Waals surface area contributed by atoms with Crippen molar-refractivity contribution in [3.05, 3.63) is 22.2 Å². The normalized spacial score (nSPS) is 16.6. The van der Waals surface area contributed by atoms with Crippen LogP contribution in [0.25, 0.3) is 0 Å². The molecular weight excluding hydrogens is 228 g/mol. The number of carbonyl (C=O) groups is 1. The minimum Gasteiger partial charge on any atom is -0.478 e. The van der Waals surface area contributed by atoms with Gasteiger partial charge in [0, 0.05) is 5.92 Å². The van der Waals surface area contributed by atoms with Crippen molar-refractivity contribution in [1.82, 2.24) is 9.97 Å². The number of aryl methyl sites for hydroxylation is 1. The van der Waals surface area contributed by atoms with Crippen molar-refractivity contribution in [2.24, 2.45) is 0 Å². The van der Waals surface area contributed by atoms with Crippen LogP contribution in [0.1, 0.15) is 53.5 Å². The molecule has 2 rings (SSSR count). The third-order valence-corrected chi connectivity index (χ3v) is 3.23. The molecule has 0 aromatic carbocycles. The van der Waals surface area contributed by atoms with E-state index >= 15 is 0 Å². The van der Waals surface area contributed by atoms with E-state index < -0.39 is 5.97 Å². The highest BCUT2D eigenvalue weighted by molar-refractivity contribution is 6.32. The first-order valence-corrected chi connectivity index (χ1v) is 5.74. The van der Waals surface area contributed by atoms with Crippen LogP contribution in [0, 0.1) is 6.92 Å². The van der Waals surface area contributed by atoms with E-state index in [2.05, 4.69) is 9.97 Å². The summed E-state index contributed by atoms with van der Waals surface area (Å²) in [6, 6.07) is 0. The molecule has 1 aliphatic carbocycles. The first kappa shape index (κ1) is 11.3. The summed E-state index contributed by atoms with van der Waals surface area (Å²) in [4.78, 5) is 19.3. The van der Waals surface area contributed by atoms with Crippen molar-refractivity contribution in [2.75, 3.05) is 0 Å². The third kappa shape index (κ3) is 2.02. The molecule has 1 heterocycles. The smallest absolute Gasteiger partial charge is 0.340 e. The number of hydrogen-bond donors (Lipinski definition) is 1. The van der Waals surface area contributed by atoms with Crippen LogP contribution in [0.5, 0.6) is 0 Å². The van der Waals surface area contributed by atoms with E-state index in [1.807, 2.05) is 0 Å². The van der Waals surface area contributed by atoms with Crippen molar-refractivity contribution in [2.45, 2.75) is 38.5 Å². The molecule has 5 heteroatoms. The van der Waals surface area contributed by atoms with Gasteiger partial charge in [0.25, 0.3) is 0 Å². The van der Waals surface area contributed by atoms with Crippen LogP contribution in [0.3, 0.4) is 0 Å². The van der Waals surface area contributed by atoms with Crippen LogP contribution in [0.2, 0.25) is 5.15 Å². The molecule has 1 fully saturated rings. The largest absolute Gasteiger partial charge is 0.478 e. The molecule has 0 aliphatic heterocycles. The number of aromatic carboxylic acids is 1. The molecule has 0 saturated heterocycles. The molecular formula is C11H13ClN2O2. The average Bonchev–Trinajstić information content (AvgIpc) is 2.67. The van der Waals surface area contributed by atoms with Gasteiger partial charge in [-0.2, -0.15) is 0 Å². The van der Waals surface area contributed by atoms with Crippen LogP contribution >= 0.6 is 11.6 Å². The second kappa shape index (κ2) is 4.37. The molecule has 1 aliphatic rings. The topological polar surface area (TPSA) is 63.1 Å². The minimum atomic E-state index is -1.04. The van der Waals surface area contributed by atoms with Gasteiger partial charge in [-0.25, -0.2) is 14.8 Å². The number of hydrogen-bond acceptors (Lipinski definition) is 3. The number of aromatic nitrogens is 2. The van der Waals surface area contributed by atoms with Gasteiger partial charge in [0.05, 0.1) is 5.69 Å². The molecule has 0 atom stereocenters. The van der Waals surface area contributed by atoms with E-state index in [1.165, 1.54) is 0 Å². The van der Waals surface area contributed by atoms with Crippen LogP contribution in [-0.4, -0.2) is 21.0 Å². The zero-order chi connectivity index (χ0) is 11.7. The number of nitrogens with zero attached hydrogens (tertiary/aromatic N) is 2. The maximum absolute atomic E-state index is 11.1. The first-order chi connectivity index (χ1) is 7.59. The van der Waals surface area contributed by atoms with Crippen molar-refractivity contribution in [3.63, 3.8) is 0 Å². The third-order valence-electron chi connectivity index (χ3n) is 2.96. The Bertz CT molecular complexity index is 428. The molecule has 1 aromatic heterocycles. The second-order valence-electron chi connectivity index (χ2n) is 4.11. The Labute approximate surface area is 98.7 Å². The summed E-state index contributed by atoms with van der Waals surface area (Å²) in [5.41, 5.74) is 0.696. The van der Waals surface area contributed by atoms with Crippen LogP contribution < -0.4 is 0 Å². The molecule has 1 aromatic rings. The molecule has 0 spiro atoms. The summed E-state index contributed by atoms with van der Waals surface area (Å²) in [6.45, 7) is 1.73. The quantitative estimate of drug-likeness (QED) is 0.808. The van der Waals surface area contributed by atoms with Gasteiger partial charge in [0.15, 0.2) is 0 Å². The zero-order valence-electron chi connectivity index (χ0n) is 9.03. The molecule has 86 valence electrons. The van der Waals surface area contributed by atoms with Crippen molar-refractivity contribution in [3.8, 4) is 0 Å². The summed E-state index contributed by atoms with van der Waals surface area (Å²) >= 11 is 5.88. The van der Waals surface area contributed by atoms with Gasteiger partial charge in [0.1, 0.15) is 16.5 Å². The Morgan fingerprint density at radius 2 is 2.00 bits per heavy atom. The van der Waals surface area contributed by atoms with E-state index in [0.717, 1.165) is 25.7 Å². The Morgan fingerprint density at radius 3 is 2.56 bits per heavy atom. The lowest BCUT2D eigenvalue weighted by Gasteiger charge is -2.13. The summed E-state index contributed by atoms with van der Waals surface area (Å²) < 4.78 is 0. The molecule has 1 N–H and O–H groups in total. The maximum Gasteiger partial charge on any atom is 0.340 e. The molecule has 0 radical (unpaired) electrons. The number of halogens is 1. The highest BCUT2D eigenvalue weighted by atomic mass is 35.5. The highest BCUT2D eigenvalue weighted by Gasteiger charge is 2.27. The number of carboxylic acids is 1. The van der Waals surface area contributed by atoms with Gasteiger partial charge in [0.2, 0.25) is 0 Å². The van der Waals surface area contributed by atoms with E-state index in [-0.39, 0.29) is 16.6 Å². The van der Waals surface area contributed by atoms with Crippen molar-refractivity contribution < 1.29 is 9.90 Å². The van der Waals surface area contributed by atoms with E-state index in [0.29, 0.717) is 11.5 Å². The lowest BCUT2D eigenvalue weighted by molar-refractivity contribution is 0.0694. The lowest BCUT2D eigenvalue weighted by atomic mass is 9.99. The van der Waals surface area contributed by atoms with Crippen LogP contribution in [-0.2, 0) is 0 Å². The predicted molar refractivity (Wildman–Crippen MR) is 59.9 cm³/mol. The fraction of sp³-hybridized carbons (Fsp3) is 0.545. The van der Waals surface area contributed by atoms with Crippen LogP contribution in [0.4, 0.5) is 0 Å². The van der Waals surface area contributed by atoms with Gasteiger partial charge in [-0.05, 0) is 19.8 Å². The fourth-order valence-corrected chi connectivity index (χ4v) is 2.55. The number of carboxylic acid groups (broad SMARTS) is 1. The van der Waals surface area contributed by atoms with E-state index in [4.69, 9.17) is 16.7 Å². The molecule has 0 unspecified atom stereocenters. The molecule has 4 nitrogen and oxygen atoms in total. The fourth-order valence-electron chi connectivity index (χ4n) is 2.25. The van der Waals surface area contributed by atoms with E-state index in [9.17, 15) is 4.79 Å². The van der Waals surface area contributed by atoms with Gasteiger partial charge < -0.3 is 5.11 Å². The predicted octanol–water partition coefficient (Wildman–Crippen LogP) is 2.79. The minimum absolute atomic E-state index is 0.0573. The first-order valence-electron chi connectivity index (χ1n) is 5.37. The SMILES string of the molecule is Cc1nc(Cl)c(C(=O)O)c(C2CCCC2)n1. The highest BCUT2D eigenvalue weighted by Crippen LogP contribution is 2.36. The molecule has 0 amide bonds. The van der Waals surface area contributed by atoms with Crippen molar-refractivity contribution in [1.29, 1.82) is 0 Å². The Kier molecular flexibility index (Phi) is 3.10. The summed E-state index contributed by atoms with van der Waals surface area (Å²) in [5.74, 6) is -0.269. The average molecular weight is 241 g/mol. The number of rotatable bonds is 2. The monoisotopic (exact) mass is 240 g/mol. The Hall–Kier alpha value is -1.16. The molecule has 1 saturated carbocycles. The van der Waals surface area contributed by atoms with Gasteiger partial charge in [-0.3, -0.25) is 0 Å². The maximum atomic E-state index is 11.1. The van der Waals surface area contributed by atoms with Gasteiger partial charge >= 0.3 is 5.97 Å². The molecule has 16 heavy (non-hydrogen) atoms. The summed E-state index contributed by atoms with van der Waals surface area (Å²) in [5, 5.41) is 9.19. The van der Waals surface area contributed by atoms with E-state index in [1.54, 1.807) is 6.92 Å². The summed E-state index contributed by atoms with van der Waals surface area (Å²) in [6.07, 6.45) is 4.24. The Morgan fingerprint density at radius 1 is 1.38 bits per heavy atom. The second-order valence-corrected chi connectivity index (χ2v) is 4.47. The van der Waals surface area contributed by atoms with Gasteiger partial charge in [-0.1, -0.05) is 24.4 Å². The summed E-state index contributed by atoms with van der Waals surface area (Å²) in [7, 11) is 0. The molecule has 0 bridgehead atoms.